The maximum absolute atomic E-state index is 13.2. The molecular formula is C17H16F3NO. The Morgan fingerprint density at radius 1 is 1.05 bits per heavy atom. The van der Waals surface area contributed by atoms with Crippen molar-refractivity contribution >= 4 is 0 Å². The van der Waals surface area contributed by atoms with Crippen molar-refractivity contribution in [3.8, 4) is 11.5 Å². The molecule has 0 aliphatic carbocycles. The van der Waals surface area contributed by atoms with Crippen LogP contribution >= 0.6 is 0 Å². The quantitative estimate of drug-likeness (QED) is 0.835. The molecule has 0 bridgehead atoms. The Hall–Kier alpha value is -2.01. The first-order chi connectivity index (χ1) is 10.6. The van der Waals surface area contributed by atoms with Crippen LogP contribution in [0.5, 0.6) is 11.5 Å². The molecule has 1 aliphatic rings. The summed E-state index contributed by atoms with van der Waals surface area (Å²) in [6, 6.07) is 10.7. The molecule has 116 valence electrons. The number of hydrogen-bond donors (Lipinski definition) is 0. The molecule has 0 saturated carbocycles. The maximum Gasteiger partial charge on any atom is 0.162 e. The van der Waals surface area contributed by atoms with Crippen LogP contribution in [0.15, 0.2) is 42.5 Å². The second-order valence-electron chi connectivity index (χ2n) is 5.45. The van der Waals surface area contributed by atoms with Crippen molar-refractivity contribution in [2.45, 2.75) is 19.1 Å². The lowest BCUT2D eigenvalue weighted by Crippen LogP contribution is -2.20. The van der Waals surface area contributed by atoms with Gasteiger partial charge in [-0.1, -0.05) is 12.1 Å². The molecule has 2 aromatic rings. The lowest BCUT2D eigenvalue weighted by molar-refractivity contribution is 0.282. The molecule has 2 nitrogen and oxygen atoms in total. The highest BCUT2D eigenvalue weighted by Crippen LogP contribution is 2.25. The predicted octanol–water partition coefficient (Wildman–Crippen LogP) is 4.30. The number of rotatable bonds is 4. The van der Waals surface area contributed by atoms with Crippen molar-refractivity contribution in [2.24, 2.45) is 0 Å². The first-order valence-electron chi connectivity index (χ1n) is 7.18. The summed E-state index contributed by atoms with van der Waals surface area (Å²) in [6.45, 7) is 1.85. The highest BCUT2D eigenvalue weighted by atomic mass is 19.2. The van der Waals surface area contributed by atoms with Gasteiger partial charge >= 0.3 is 0 Å². The standard InChI is InChI=1S/C17H16F3NO/c18-13-6-7-21(11-13)10-12-2-1-3-14(8-12)22-15-4-5-16(19)17(20)9-15/h1-5,8-9,13H,6-7,10-11H2. The molecule has 1 aliphatic heterocycles. The van der Waals surface area contributed by atoms with E-state index in [0.717, 1.165) is 24.2 Å². The maximum atomic E-state index is 13.2. The number of benzene rings is 2. The molecular weight excluding hydrogens is 291 g/mol. The third kappa shape index (κ3) is 3.60. The third-order valence-electron chi connectivity index (χ3n) is 3.65. The van der Waals surface area contributed by atoms with Gasteiger partial charge in [-0.15, -0.1) is 0 Å². The minimum absolute atomic E-state index is 0.237. The monoisotopic (exact) mass is 307 g/mol. The second-order valence-corrected chi connectivity index (χ2v) is 5.45. The fourth-order valence-electron chi connectivity index (χ4n) is 2.57. The van der Waals surface area contributed by atoms with Gasteiger partial charge < -0.3 is 4.74 Å². The topological polar surface area (TPSA) is 12.5 Å². The summed E-state index contributed by atoms with van der Waals surface area (Å²) in [4.78, 5) is 2.04. The highest BCUT2D eigenvalue weighted by molar-refractivity contribution is 5.34. The molecule has 22 heavy (non-hydrogen) atoms. The molecule has 2 aromatic carbocycles. The Labute approximate surface area is 127 Å². The Morgan fingerprint density at radius 2 is 1.86 bits per heavy atom. The van der Waals surface area contributed by atoms with Crippen molar-refractivity contribution in [3.63, 3.8) is 0 Å². The van der Waals surface area contributed by atoms with Gasteiger partial charge in [0.05, 0.1) is 0 Å². The molecule has 0 spiro atoms. The van der Waals surface area contributed by atoms with Crippen LogP contribution < -0.4 is 4.74 Å². The normalized spacial score (nSPS) is 18.6. The number of nitrogens with zero attached hydrogens (tertiary/aromatic N) is 1. The average molecular weight is 307 g/mol. The van der Waals surface area contributed by atoms with Crippen LogP contribution in [0.1, 0.15) is 12.0 Å². The van der Waals surface area contributed by atoms with Crippen LogP contribution in [-0.2, 0) is 6.54 Å². The molecule has 1 saturated heterocycles. The van der Waals surface area contributed by atoms with E-state index in [1.807, 2.05) is 23.1 Å². The summed E-state index contributed by atoms with van der Waals surface area (Å²) < 4.78 is 44.8. The van der Waals surface area contributed by atoms with E-state index in [4.69, 9.17) is 4.74 Å². The van der Waals surface area contributed by atoms with Gasteiger partial charge in [-0.3, -0.25) is 4.90 Å². The minimum Gasteiger partial charge on any atom is -0.457 e. The SMILES string of the molecule is Fc1ccc(Oc2cccc(CN3CCC(F)C3)c2)cc1F. The van der Waals surface area contributed by atoms with E-state index in [1.165, 1.54) is 6.07 Å². The van der Waals surface area contributed by atoms with Gasteiger partial charge in [-0.05, 0) is 36.2 Å². The summed E-state index contributed by atoms with van der Waals surface area (Å²) in [6.07, 6.45) is -0.174. The first-order valence-corrected chi connectivity index (χ1v) is 7.18. The molecule has 0 radical (unpaired) electrons. The largest absolute Gasteiger partial charge is 0.457 e. The van der Waals surface area contributed by atoms with Gasteiger partial charge in [-0.2, -0.15) is 0 Å². The van der Waals surface area contributed by atoms with Crippen molar-refractivity contribution in [3.05, 3.63) is 59.7 Å². The van der Waals surface area contributed by atoms with Gasteiger partial charge in [0.1, 0.15) is 17.7 Å². The van der Waals surface area contributed by atoms with Gasteiger partial charge in [0, 0.05) is 25.7 Å². The Kier molecular flexibility index (Phi) is 4.34. The van der Waals surface area contributed by atoms with Crippen LogP contribution in [0, 0.1) is 11.6 Å². The zero-order valence-corrected chi connectivity index (χ0v) is 11.9. The number of hydrogen-bond acceptors (Lipinski definition) is 2. The van der Waals surface area contributed by atoms with Gasteiger partial charge in [-0.25, -0.2) is 13.2 Å². The van der Waals surface area contributed by atoms with Crippen molar-refractivity contribution < 1.29 is 17.9 Å². The van der Waals surface area contributed by atoms with E-state index in [0.29, 0.717) is 25.3 Å². The summed E-state index contributed by atoms with van der Waals surface area (Å²) in [7, 11) is 0. The molecule has 1 atom stereocenters. The van der Waals surface area contributed by atoms with Crippen LogP contribution in [0.25, 0.3) is 0 Å². The molecule has 0 N–H and O–H groups in total. The predicted molar refractivity (Wildman–Crippen MR) is 77.7 cm³/mol. The Balaban J connectivity index is 1.69. The molecule has 3 rings (SSSR count). The van der Waals surface area contributed by atoms with Crippen LogP contribution in [0.3, 0.4) is 0 Å². The number of halogens is 3. The average Bonchev–Trinajstić information content (AvgIpc) is 2.89. The number of ether oxygens (including phenoxy) is 1. The van der Waals surface area contributed by atoms with E-state index < -0.39 is 17.8 Å². The molecule has 5 heteroatoms. The summed E-state index contributed by atoms with van der Waals surface area (Å²) in [5.41, 5.74) is 0.995. The van der Waals surface area contributed by atoms with E-state index in [2.05, 4.69) is 0 Å². The fraction of sp³-hybridized carbons (Fsp3) is 0.294. The summed E-state index contributed by atoms with van der Waals surface area (Å²) in [5, 5.41) is 0. The Bertz CT molecular complexity index is 662. The lowest BCUT2D eigenvalue weighted by atomic mass is 10.2. The van der Waals surface area contributed by atoms with Crippen LogP contribution in [0.4, 0.5) is 13.2 Å². The lowest BCUT2D eigenvalue weighted by Gasteiger charge is -2.15. The molecule has 0 aromatic heterocycles. The molecule has 1 unspecified atom stereocenters. The van der Waals surface area contributed by atoms with Crippen molar-refractivity contribution in [1.82, 2.24) is 4.90 Å². The van der Waals surface area contributed by atoms with E-state index in [-0.39, 0.29) is 5.75 Å². The summed E-state index contributed by atoms with van der Waals surface area (Å²) in [5.74, 6) is -1.07. The molecule has 1 fully saturated rings. The Morgan fingerprint density at radius 3 is 2.59 bits per heavy atom. The first kappa shape index (κ1) is 14.9. The fourth-order valence-corrected chi connectivity index (χ4v) is 2.57. The van der Waals surface area contributed by atoms with E-state index in [9.17, 15) is 13.2 Å². The van der Waals surface area contributed by atoms with Gasteiger partial charge in [0.15, 0.2) is 11.6 Å². The zero-order valence-electron chi connectivity index (χ0n) is 11.9. The third-order valence-corrected chi connectivity index (χ3v) is 3.65. The molecule has 0 amide bonds. The summed E-state index contributed by atoms with van der Waals surface area (Å²) >= 11 is 0. The number of alkyl halides is 1. The molecule has 1 heterocycles. The highest BCUT2D eigenvalue weighted by Gasteiger charge is 2.21. The van der Waals surface area contributed by atoms with Crippen molar-refractivity contribution in [1.29, 1.82) is 0 Å². The van der Waals surface area contributed by atoms with E-state index in [1.54, 1.807) is 6.07 Å². The van der Waals surface area contributed by atoms with Crippen LogP contribution in [-0.4, -0.2) is 24.2 Å². The zero-order chi connectivity index (χ0) is 15.5. The van der Waals surface area contributed by atoms with Crippen molar-refractivity contribution in [2.75, 3.05) is 13.1 Å². The van der Waals surface area contributed by atoms with Gasteiger partial charge in [0.25, 0.3) is 0 Å². The van der Waals surface area contributed by atoms with E-state index >= 15 is 0 Å². The minimum atomic E-state index is -0.945. The number of likely N-dealkylation sites (tertiary alicyclic amines) is 1. The second kappa shape index (κ2) is 6.40. The van der Waals surface area contributed by atoms with Gasteiger partial charge in [0.2, 0.25) is 0 Å². The van der Waals surface area contributed by atoms with Crippen LogP contribution in [0.2, 0.25) is 0 Å². The smallest absolute Gasteiger partial charge is 0.162 e.